The average Bonchev–Trinajstić information content (AvgIpc) is 3.16. The highest BCUT2D eigenvalue weighted by molar-refractivity contribution is 5.97. The summed E-state index contributed by atoms with van der Waals surface area (Å²) < 4.78 is 7.07. The standard InChI is InChI=1S/C21H18N2O4/c1-2-18(24)13-5-8-15(9-6-13)27-21(26)14-7-10-16-17(12-14)22-19-4-3-11-23(19)20(16)25/h5-10,12H,2-4,11H2,1H3. The van der Waals surface area contributed by atoms with Crippen LogP contribution in [0.4, 0.5) is 0 Å². The molecule has 0 fully saturated rings. The summed E-state index contributed by atoms with van der Waals surface area (Å²) in [4.78, 5) is 41.1. The molecule has 0 amide bonds. The molecule has 2 heterocycles. The van der Waals surface area contributed by atoms with E-state index in [1.54, 1.807) is 54.0 Å². The van der Waals surface area contributed by atoms with Gasteiger partial charge in [0.15, 0.2) is 5.78 Å². The minimum absolute atomic E-state index is 0.0345. The molecule has 0 atom stereocenters. The fourth-order valence-corrected chi connectivity index (χ4v) is 3.29. The quantitative estimate of drug-likeness (QED) is 0.405. The average molecular weight is 362 g/mol. The van der Waals surface area contributed by atoms with Crippen molar-refractivity contribution in [3.05, 3.63) is 69.8 Å². The summed E-state index contributed by atoms with van der Waals surface area (Å²) >= 11 is 0. The van der Waals surface area contributed by atoms with Gasteiger partial charge in [-0.05, 0) is 48.9 Å². The molecule has 1 aliphatic rings. The third-order valence-corrected chi connectivity index (χ3v) is 4.76. The molecule has 6 heteroatoms. The molecule has 1 aromatic heterocycles. The van der Waals surface area contributed by atoms with Gasteiger partial charge in [0.1, 0.15) is 11.6 Å². The number of ether oxygens (including phenoxy) is 1. The Balaban J connectivity index is 1.60. The Morgan fingerprint density at radius 2 is 1.85 bits per heavy atom. The molecule has 0 bridgehead atoms. The molecule has 1 aliphatic heterocycles. The molecule has 0 saturated carbocycles. The maximum absolute atomic E-state index is 12.5. The second-order valence-corrected chi connectivity index (χ2v) is 6.51. The van der Waals surface area contributed by atoms with E-state index in [9.17, 15) is 14.4 Å². The van der Waals surface area contributed by atoms with E-state index in [-0.39, 0.29) is 11.3 Å². The highest BCUT2D eigenvalue weighted by Crippen LogP contribution is 2.19. The molecule has 4 rings (SSSR count). The fourth-order valence-electron chi connectivity index (χ4n) is 3.29. The van der Waals surface area contributed by atoms with Crippen molar-refractivity contribution in [2.24, 2.45) is 0 Å². The van der Waals surface area contributed by atoms with Crippen molar-refractivity contribution in [2.45, 2.75) is 32.7 Å². The van der Waals surface area contributed by atoms with Crippen molar-refractivity contribution in [3.8, 4) is 5.75 Å². The van der Waals surface area contributed by atoms with Gasteiger partial charge in [-0.25, -0.2) is 9.78 Å². The number of nitrogens with zero attached hydrogens (tertiary/aromatic N) is 2. The molecule has 136 valence electrons. The fraction of sp³-hybridized carbons (Fsp3) is 0.238. The first-order chi connectivity index (χ1) is 13.1. The van der Waals surface area contributed by atoms with Crippen molar-refractivity contribution in [2.75, 3.05) is 0 Å². The van der Waals surface area contributed by atoms with E-state index in [1.165, 1.54) is 0 Å². The smallest absolute Gasteiger partial charge is 0.343 e. The summed E-state index contributed by atoms with van der Waals surface area (Å²) in [5.74, 6) is 0.616. The molecular formula is C21H18N2O4. The van der Waals surface area contributed by atoms with Gasteiger partial charge in [0.05, 0.1) is 16.5 Å². The lowest BCUT2D eigenvalue weighted by Crippen LogP contribution is -2.21. The van der Waals surface area contributed by atoms with Gasteiger partial charge in [0, 0.05) is 24.9 Å². The molecular weight excluding hydrogens is 344 g/mol. The summed E-state index contributed by atoms with van der Waals surface area (Å²) in [6.07, 6.45) is 2.10. The van der Waals surface area contributed by atoms with Crippen LogP contribution in [-0.4, -0.2) is 21.3 Å². The molecule has 0 N–H and O–H groups in total. The van der Waals surface area contributed by atoms with Gasteiger partial charge < -0.3 is 4.74 Å². The number of hydrogen-bond donors (Lipinski definition) is 0. The number of benzene rings is 2. The summed E-state index contributed by atoms with van der Waals surface area (Å²) in [5, 5.41) is 0.500. The summed E-state index contributed by atoms with van der Waals surface area (Å²) in [6.45, 7) is 2.49. The van der Waals surface area contributed by atoms with Gasteiger partial charge in [-0.1, -0.05) is 6.92 Å². The SMILES string of the molecule is CCC(=O)c1ccc(OC(=O)c2ccc3c(=O)n4c(nc3c2)CCC4)cc1. The summed E-state index contributed by atoms with van der Waals surface area (Å²) in [5.41, 5.74) is 1.35. The molecule has 2 aromatic carbocycles. The van der Waals surface area contributed by atoms with Crippen molar-refractivity contribution in [1.29, 1.82) is 0 Å². The molecule has 27 heavy (non-hydrogen) atoms. The lowest BCUT2D eigenvalue weighted by atomic mass is 10.1. The number of hydrogen-bond acceptors (Lipinski definition) is 5. The number of fused-ring (bicyclic) bond motifs is 2. The van der Waals surface area contributed by atoms with Crippen LogP contribution in [0.5, 0.6) is 5.75 Å². The maximum atomic E-state index is 12.5. The van der Waals surface area contributed by atoms with E-state index in [1.807, 2.05) is 0 Å². The minimum atomic E-state index is -0.533. The Hall–Kier alpha value is -3.28. The Morgan fingerprint density at radius 3 is 2.59 bits per heavy atom. The molecule has 3 aromatic rings. The first-order valence-electron chi connectivity index (χ1n) is 8.95. The minimum Gasteiger partial charge on any atom is -0.423 e. The van der Waals surface area contributed by atoms with Gasteiger partial charge in [0.2, 0.25) is 0 Å². The number of aryl methyl sites for hydroxylation is 1. The third-order valence-electron chi connectivity index (χ3n) is 4.76. The van der Waals surface area contributed by atoms with E-state index >= 15 is 0 Å². The number of aromatic nitrogens is 2. The van der Waals surface area contributed by atoms with Crippen LogP contribution in [0.25, 0.3) is 10.9 Å². The van der Waals surface area contributed by atoms with Crippen LogP contribution in [-0.2, 0) is 13.0 Å². The number of esters is 1. The molecule has 6 nitrogen and oxygen atoms in total. The molecule has 0 spiro atoms. The summed E-state index contributed by atoms with van der Waals surface area (Å²) in [7, 11) is 0. The van der Waals surface area contributed by atoms with Gasteiger partial charge >= 0.3 is 5.97 Å². The monoisotopic (exact) mass is 362 g/mol. The van der Waals surface area contributed by atoms with E-state index in [2.05, 4.69) is 4.98 Å². The largest absolute Gasteiger partial charge is 0.423 e. The lowest BCUT2D eigenvalue weighted by molar-refractivity contribution is 0.0735. The Kier molecular flexibility index (Phi) is 4.32. The second-order valence-electron chi connectivity index (χ2n) is 6.51. The highest BCUT2D eigenvalue weighted by atomic mass is 16.5. The highest BCUT2D eigenvalue weighted by Gasteiger charge is 2.17. The Bertz CT molecular complexity index is 1110. The van der Waals surface area contributed by atoms with Crippen molar-refractivity contribution >= 4 is 22.7 Å². The first kappa shape index (κ1) is 17.1. The number of rotatable bonds is 4. The van der Waals surface area contributed by atoms with Gasteiger partial charge in [0.25, 0.3) is 5.56 Å². The molecule has 0 saturated heterocycles. The Labute approximate surface area is 155 Å². The van der Waals surface area contributed by atoms with E-state index in [0.717, 1.165) is 18.7 Å². The van der Waals surface area contributed by atoms with Crippen molar-refractivity contribution < 1.29 is 14.3 Å². The van der Waals surface area contributed by atoms with Crippen molar-refractivity contribution in [1.82, 2.24) is 9.55 Å². The van der Waals surface area contributed by atoms with Crippen LogP contribution in [0.2, 0.25) is 0 Å². The zero-order chi connectivity index (χ0) is 19.0. The van der Waals surface area contributed by atoms with Crippen LogP contribution in [0, 0.1) is 0 Å². The van der Waals surface area contributed by atoms with Crippen LogP contribution in [0.1, 0.15) is 46.3 Å². The maximum Gasteiger partial charge on any atom is 0.343 e. The topological polar surface area (TPSA) is 78.3 Å². The predicted molar refractivity (Wildman–Crippen MR) is 100 cm³/mol. The predicted octanol–water partition coefficient (Wildman–Crippen LogP) is 3.15. The van der Waals surface area contributed by atoms with Crippen molar-refractivity contribution in [3.63, 3.8) is 0 Å². The van der Waals surface area contributed by atoms with Gasteiger partial charge in [-0.15, -0.1) is 0 Å². The third kappa shape index (κ3) is 3.14. The van der Waals surface area contributed by atoms with Crippen LogP contribution in [0.3, 0.4) is 0 Å². The van der Waals surface area contributed by atoms with E-state index < -0.39 is 5.97 Å². The van der Waals surface area contributed by atoms with E-state index in [4.69, 9.17) is 4.74 Å². The zero-order valence-electron chi connectivity index (χ0n) is 14.9. The molecule has 0 radical (unpaired) electrons. The van der Waals surface area contributed by atoms with Gasteiger partial charge in [-0.3, -0.25) is 14.2 Å². The Morgan fingerprint density at radius 1 is 1.11 bits per heavy atom. The van der Waals surface area contributed by atoms with Crippen LogP contribution < -0.4 is 10.3 Å². The zero-order valence-corrected chi connectivity index (χ0v) is 14.9. The summed E-state index contributed by atoms with van der Waals surface area (Å²) in [6, 6.07) is 11.3. The van der Waals surface area contributed by atoms with Gasteiger partial charge in [-0.2, -0.15) is 0 Å². The van der Waals surface area contributed by atoms with Crippen LogP contribution in [0.15, 0.2) is 47.3 Å². The molecule has 0 unspecified atom stereocenters. The lowest BCUT2D eigenvalue weighted by Gasteiger charge is -2.08. The number of ketones is 1. The number of carbonyl (C=O) groups is 2. The number of Topliss-reactive ketones (excluding diaryl/α,β-unsaturated/α-hetero) is 1. The van der Waals surface area contributed by atoms with Crippen LogP contribution >= 0.6 is 0 Å². The van der Waals surface area contributed by atoms with E-state index in [0.29, 0.717) is 40.7 Å². The number of carbonyl (C=O) groups excluding carboxylic acids is 2. The normalized spacial score (nSPS) is 12.8. The molecule has 0 aliphatic carbocycles. The first-order valence-corrected chi connectivity index (χ1v) is 8.95. The second kappa shape index (κ2) is 6.79.